The molecule has 2 N–H and O–H groups in total. The van der Waals surface area contributed by atoms with Crippen LogP contribution in [0.15, 0.2) is 103 Å². The van der Waals surface area contributed by atoms with E-state index < -0.39 is 5.82 Å². The molecule has 0 spiro atoms. The summed E-state index contributed by atoms with van der Waals surface area (Å²) in [5, 5.41) is 0. The highest BCUT2D eigenvalue weighted by molar-refractivity contribution is 5.97. The second kappa shape index (κ2) is 12.5. The molecule has 0 radical (unpaired) electrons. The van der Waals surface area contributed by atoms with Crippen LogP contribution < -0.4 is 15.2 Å². The van der Waals surface area contributed by atoms with Crippen LogP contribution in [0.5, 0.6) is 17.2 Å². The van der Waals surface area contributed by atoms with Crippen molar-refractivity contribution in [3.8, 4) is 17.2 Å². The molecule has 0 aliphatic carbocycles. The smallest absolute Gasteiger partial charge is 0.257 e. The lowest BCUT2D eigenvalue weighted by atomic mass is 10.1. The number of para-hydroxylation sites is 2. The van der Waals surface area contributed by atoms with Gasteiger partial charge >= 0.3 is 0 Å². The van der Waals surface area contributed by atoms with Gasteiger partial charge in [-0.05, 0) is 60.5 Å². The van der Waals surface area contributed by atoms with Crippen molar-refractivity contribution in [3.05, 3.63) is 126 Å². The summed E-state index contributed by atoms with van der Waals surface area (Å²) in [6.07, 6.45) is 0.632. The molecule has 5 nitrogen and oxygen atoms in total. The second-order valence-electron chi connectivity index (χ2n) is 8.32. The maximum atomic E-state index is 14.5. The van der Waals surface area contributed by atoms with Crippen LogP contribution in [0.1, 0.15) is 27.9 Å². The van der Waals surface area contributed by atoms with Crippen LogP contribution in [0.3, 0.4) is 0 Å². The summed E-state index contributed by atoms with van der Waals surface area (Å²) in [4.78, 5) is 15.3. The third-order valence-electron chi connectivity index (χ3n) is 5.61. The van der Waals surface area contributed by atoms with Gasteiger partial charge in [0, 0.05) is 13.1 Å². The third-order valence-corrected chi connectivity index (χ3v) is 5.61. The Morgan fingerprint density at radius 3 is 2.25 bits per heavy atom. The summed E-state index contributed by atoms with van der Waals surface area (Å²) in [6, 6.07) is 30.7. The number of amides is 1. The molecule has 36 heavy (non-hydrogen) atoms. The van der Waals surface area contributed by atoms with Crippen LogP contribution in [0.25, 0.3) is 0 Å². The van der Waals surface area contributed by atoms with Crippen LogP contribution in [0.2, 0.25) is 0 Å². The minimum atomic E-state index is -0.470. The number of benzene rings is 4. The molecular formula is C30H29FN2O3. The first kappa shape index (κ1) is 24.9. The quantitative estimate of drug-likeness (QED) is 0.276. The van der Waals surface area contributed by atoms with E-state index >= 15 is 0 Å². The van der Waals surface area contributed by atoms with Gasteiger partial charge in [0.15, 0.2) is 11.6 Å². The van der Waals surface area contributed by atoms with Crippen molar-refractivity contribution in [1.82, 2.24) is 4.90 Å². The fourth-order valence-electron chi connectivity index (χ4n) is 3.77. The molecule has 4 rings (SSSR count). The second-order valence-corrected chi connectivity index (χ2v) is 8.32. The number of nitrogens with two attached hydrogens (primary N) is 1. The van der Waals surface area contributed by atoms with Crippen molar-refractivity contribution in [2.24, 2.45) is 5.73 Å². The highest BCUT2D eigenvalue weighted by Gasteiger charge is 2.20. The van der Waals surface area contributed by atoms with Gasteiger partial charge in [-0.25, -0.2) is 4.39 Å². The van der Waals surface area contributed by atoms with Crippen molar-refractivity contribution >= 4 is 5.91 Å². The molecule has 0 saturated carbocycles. The SMILES string of the molecule is NCCCN(Cc1ccc(F)c(Oc2ccccc2)c1)C(=O)c1ccccc1OCc1ccccc1. The lowest BCUT2D eigenvalue weighted by Crippen LogP contribution is -2.33. The van der Waals surface area contributed by atoms with Crippen LogP contribution >= 0.6 is 0 Å². The minimum Gasteiger partial charge on any atom is -0.488 e. The first-order valence-electron chi connectivity index (χ1n) is 11.9. The molecule has 184 valence electrons. The van der Waals surface area contributed by atoms with Crippen molar-refractivity contribution in [3.63, 3.8) is 0 Å². The monoisotopic (exact) mass is 484 g/mol. The van der Waals surface area contributed by atoms with E-state index in [1.807, 2.05) is 60.7 Å². The minimum absolute atomic E-state index is 0.108. The summed E-state index contributed by atoms with van der Waals surface area (Å²) in [7, 11) is 0. The average Bonchev–Trinajstić information content (AvgIpc) is 2.92. The summed E-state index contributed by atoms with van der Waals surface area (Å²) >= 11 is 0. The molecular weight excluding hydrogens is 455 g/mol. The number of carbonyl (C=O) groups excluding carboxylic acids is 1. The van der Waals surface area contributed by atoms with E-state index in [9.17, 15) is 9.18 Å². The van der Waals surface area contributed by atoms with E-state index in [1.165, 1.54) is 6.07 Å². The largest absolute Gasteiger partial charge is 0.488 e. The average molecular weight is 485 g/mol. The lowest BCUT2D eigenvalue weighted by Gasteiger charge is -2.24. The Hall–Kier alpha value is -4.16. The molecule has 1 amide bonds. The van der Waals surface area contributed by atoms with Crippen LogP contribution in [-0.4, -0.2) is 23.9 Å². The zero-order valence-corrected chi connectivity index (χ0v) is 20.0. The summed E-state index contributed by atoms with van der Waals surface area (Å²) in [6.45, 7) is 1.53. The van der Waals surface area contributed by atoms with E-state index in [0.29, 0.717) is 43.2 Å². The topological polar surface area (TPSA) is 64.8 Å². The number of halogens is 1. The Morgan fingerprint density at radius 2 is 1.50 bits per heavy atom. The van der Waals surface area contributed by atoms with Crippen LogP contribution in [0.4, 0.5) is 4.39 Å². The van der Waals surface area contributed by atoms with E-state index in [2.05, 4.69) is 0 Å². The molecule has 0 atom stereocenters. The van der Waals surface area contributed by atoms with Crippen molar-refractivity contribution < 1.29 is 18.7 Å². The molecule has 0 aliphatic heterocycles. The Kier molecular flexibility index (Phi) is 8.67. The van der Waals surface area contributed by atoms with E-state index in [4.69, 9.17) is 15.2 Å². The highest BCUT2D eigenvalue weighted by Crippen LogP contribution is 2.27. The van der Waals surface area contributed by atoms with Crippen molar-refractivity contribution in [2.75, 3.05) is 13.1 Å². The molecule has 0 saturated heterocycles. The standard InChI is InChI=1S/C30H29FN2O3/c31-27-17-16-24(20-29(27)36-25-12-5-2-6-13-25)21-33(19-9-18-32)30(34)26-14-7-8-15-28(26)35-22-23-10-3-1-4-11-23/h1-8,10-17,20H,9,18-19,21-22,32H2. The number of rotatable bonds is 11. The first-order valence-corrected chi connectivity index (χ1v) is 11.9. The Bertz CT molecular complexity index is 1270. The van der Waals surface area contributed by atoms with Gasteiger partial charge in [0.2, 0.25) is 0 Å². The Morgan fingerprint density at radius 1 is 0.806 bits per heavy atom. The summed E-state index contributed by atoms with van der Waals surface area (Å²) in [5.41, 5.74) is 7.97. The molecule has 4 aromatic rings. The first-order chi connectivity index (χ1) is 17.6. The van der Waals surface area contributed by atoms with Crippen molar-refractivity contribution in [2.45, 2.75) is 19.6 Å². The van der Waals surface area contributed by atoms with E-state index in [0.717, 1.165) is 11.1 Å². The number of hydrogen-bond acceptors (Lipinski definition) is 4. The Balaban J connectivity index is 1.54. The van der Waals surface area contributed by atoms with Gasteiger partial charge < -0.3 is 20.1 Å². The Labute approximate surface area is 210 Å². The molecule has 4 aromatic carbocycles. The third kappa shape index (κ3) is 6.71. The fraction of sp³-hybridized carbons (Fsp3) is 0.167. The molecule has 6 heteroatoms. The van der Waals surface area contributed by atoms with Crippen molar-refractivity contribution in [1.29, 1.82) is 0 Å². The summed E-state index contributed by atoms with van der Waals surface area (Å²) in [5.74, 6) is 0.506. The van der Waals surface area contributed by atoms with Gasteiger partial charge in [0.25, 0.3) is 5.91 Å². The van der Waals surface area contributed by atoms with Gasteiger partial charge in [0.1, 0.15) is 18.1 Å². The maximum Gasteiger partial charge on any atom is 0.257 e. The highest BCUT2D eigenvalue weighted by atomic mass is 19.1. The number of carbonyl (C=O) groups is 1. The van der Waals surface area contributed by atoms with Crippen LogP contribution in [0, 0.1) is 5.82 Å². The molecule has 0 fully saturated rings. The number of ether oxygens (including phenoxy) is 2. The van der Waals surface area contributed by atoms with E-state index in [-0.39, 0.29) is 18.2 Å². The van der Waals surface area contributed by atoms with Crippen LogP contribution in [-0.2, 0) is 13.2 Å². The molecule has 0 aliphatic rings. The fourth-order valence-corrected chi connectivity index (χ4v) is 3.77. The summed E-state index contributed by atoms with van der Waals surface area (Å²) < 4.78 is 26.2. The van der Waals surface area contributed by atoms with Gasteiger partial charge in [-0.2, -0.15) is 0 Å². The molecule has 0 aromatic heterocycles. The zero-order chi connectivity index (χ0) is 25.2. The molecule has 0 unspecified atom stereocenters. The van der Waals surface area contributed by atoms with Gasteiger partial charge in [-0.3, -0.25) is 4.79 Å². The number of nitrogens with zero attached hydrogens (tertiary/aromatic N) is 1. The lowest BCUT2D eigenvalue weighted by molar-refractivity contribution is 0.0737. The maximum absolute atomic E-state index is 14.5. The predicted octanol–water partition coefficient (Wildman–Crippen LogP) is 6.19. The molecule has 0 heterocycles. The normalized spacial score (nSPS) is 10.6. The number of hydrogen-bond donors (Lipinski definition) is 1. The zero-order valence-electron chi connectivity index (χ0n) is 20.0. The van der Waals surface area contributed by atoms with Gasteiger partial charge in [-0.15, -0.1) is 0 Å². The molecule has 0 bridgehead atoms. The van der Waals surface area contributed by atoms with Gasteiger partial charge in [-0.1, -0.05) is 66.7 Å². The van der Waals surface area contributed by atoms with E-state index in [1.54, 1.807) is 41.3 Å². The predicted molar refractivity (Wildman–Crippen MR) is 139 cm³/mol. The van der Waals surface area contributed by atoms with Gasteiger partial charge in [0.05, 0.1) is 5.56 Å².